The van der Waals surface area contributed by atoms with Gasteiger partial charge in [-0.05, 0) is 0 Å². The number of nitrogen functional groups attached to an aromatic ring is 1. The van der Waals surface area contributed by atoms with E-state index in [9.17, 15) is 0 Å². The average molecular weight is 157 g/mol. The molecule has 0 saturated carbocycles. The lowest BCUT2D eigenvalue weighted by atomic mass is 10.8. The summed E-state index contributed by atoms with van der Waals surface area (Å²) < 4.78 is 0. The molecule has 0 spiro atoms. The number of H-pyrrole nitrogens is 1. The highest BCUT2D eigenvalue weighted by Crippen LogP contribution is 2.00. The molecule has 3 N–H and O–H groups in total. The molecule has 0 amide bonds. The van der Waals surface area contributed by atoms with Gasteiger partial charge in [0.1, 0.15) is 0 Å². The van der Waals surface area contributed by atoms with Crippen LogP contribution in [0.2, 0.25) is 0 Å². The second kappa shape index (κ2) is 4.54. The second-order valence-corrected chi connectivity index (χ2v) is 1.92. The minimum Gasteiger partial charge on any atom is -0.368 e. The summed E-state index contributed by atoms with van der Waals surface area (Å²) in [6.45, 7) is 4.00. The molecule has 5 heteroatoms. The minimum atomic E-state index is 0.346. The van der Waals surface area contributed by atoms with Gasteiger partial charge in [0.05, 0.1) is 0 Å². The van der Waals surface area contributed by atoms with Crippen LogP contribution in [0.1, 0.15) is 13.8 Å². The molecule has 0 fully saturated rings. The van der Waals surface area contributed by atoms with E-state index in [4.69, 9.17) is 5.73 Å². The van der Waals surface area contributed by atoms with Gasteiger partial charge >= 0.3 is 0 Å². The third-order valence-electron chi connectivity index (χ3n) is 0.891. The van der Waals surface area contributed by atoms with E-state index in [1.165, 1.54) is 0 Å². The van der Waals surface area contributed by atoms with Crippen LogP contribution < -0.4 is 10.6 Å². The van der Waals surface area contributed by atoms with Gasteiger partial charge in [-0.2, -0.15) is 4.98 Å². The van der Waals surface area contributed by atoms with Gasteiger partial charge in [-0.15, -0.1) is 5.10 Å². The molecule has 0 aliphatic rings. The summed E-state index contributed by atoms with van der Waals surface area (Å²) in [6.07, 6.45) is 0. The van der Waals surface area contributed by atoms with Gasteiger partial charge in [-0.3, -0.25) is 0 Å². The van der Waals surface area contributed by atoms with Crippen molar-refractivity contribution < 1.29 is 0 Å². The quantitative estimate of drug-likeness (QED) is 0.622. The fraction of sp³-hybridized carbons (Fsp3) is 0.667. The Hall–Kier alpha value is -1.26. The molecule has 5 nitrogen and oxygen atoms in total. The summed E-state index contributed by atoms with van der Waals surface area (Å²) in [5.41, 5.74) is 5.26. The maximum Gasteiger partial charge on any atom is 0.245 e. The van der Waals surface area contributed by atoms with E-state index in [1.807, 2.05) is 27.9 Å². The number of nitrogens with zero attached hydrogens (tertiary/aromatic N) is 3. The third-order valence-corrected chi connectivity index (χ3v) is 0.891. The number of hydrogen-bond donors (Lipinski definition) is 2. The number of rotatable bonds is 1. The Labute approximate surface area is 66.6 Å². The average Bonchev–Trinajstić information content (AvgIpc) is 2.40. The van der Waals surface area contributed by atoms with E-state index in [2.05, 4.69) is 15.2 Å². The van der Waals surface area contributed by atoms with E-state index in [0.717, 1.165) is 0 Å². The highest BCUT2D eigenvalue weighted by molar-refractivity contribution is 5.31. The first kappa shape index (κ1) is 9.74. The summed E-state index contributed by atoms with van der Waals surface area (Å²) in [5, 5.41) is 6.31. The highest BCUT2D eigenvalue weighted by atomic mass is 15.4. The van der Waals surface area contributed by atoms with Crippen molar-refractivity contribution in [1.29, 1.82) is 0 Å². The van der Waals surface area contributed by atoms with E-state index >= 15 is 0 Å². The first-order valence-corrected chi connectivity index (χ1v) is 3.55. The molecule has 1 heterocycles. The Bertz CT molecular complexity index is 193. The summed E-state index contributed by atoms with van der Waals surface area (Å²) in [5.74, 6) is 0.950. The van der Waals surface area contributed by atoms with E-state index < -0.39 is 0 Å². The SMILES string of the molecule is CC.CN(C)c1n[nH]c(N)n1. The lowest BCUT2D eigenvalue weighted by Crippen LogP contribution is -2.10. The number of anilines is 2. The molecule has 0 atom stereocenters. The van der Waals surface area contributed by atoms with Crippen molar-refractivity contribution in [3.63, 3.8) is 0 Å². The smallest absolute Gasteiger partial charge is 0.245 e. The van der Waals surface area contributed by atoms with Gasteiger partial charge < -0.3 is 10.6 Å². The van der Waals surface area contributed by atoms with E-state index in [1.54, 1.807) is 4.90 Å². The van der Waals surface area contributed by atoms with Crippen LogP contribution in [0.4, 0.5) is 11.9 Å². The van der Waals surface area contributed by atoms with Crippen LogP contribution in [-0.2, 0) is 0 Å². The topological polar surface area (TPSA) is 70.8 Å². The zero-order valence-corrected chi connectivity index (χ0v) is 7.42. The summed E-state index contributed by atoms with van der Waals surface area (Å²) in [6, 6.07) is 0. The van der Waals surface area contributed by atoms with Crippen LogP contribution in [0, 0.1) is 0 Å². The fourth-order valence-corrected chi connectivity index (χ4v) is 0.465. The van der Waals surface area contributed by atoms with Gasteiger partial charge in [0, 0.05) is 14.1 Å². The molecular formula is C6H15N5. The zero-order chi connectivity index (χ0) is 8.85. The number of hydrogen-bond acceptors (Lipinski definition) is 4. The summed E-state index contributed by atoms with van der Waals surface area (Å²) >= 11 is 0. The molecule has 1 aromatic rings. The Balaban J connectivity index is 0.000000461. The van der Waals surface area contributed by atoms with Gasteiger partial charge in [0.15, 0.2) is 0 Å². The predicted molar refractivity (Wildman–Crippen MR) is 46.5 cm³/mol. The molecule has 0 aliphatic heterocycles. The molecule has 0 saturated heterocycles. The van der Waals surface area contributed by atoms with Crippen LogP contribution in [0.5, 0.6) is 0 Å². The monoisotopic (exact) mass is 157 g/mol. The number of aromatic nitrogens is 3. The van der Waals surface area contributed by atoms with Crippen molar-refractivity contribution in [2.24, 2.45) is 0 Å². The highest BCUT2D eigenvalue weighted by Gasteiger charge is 1.98. The molecule has 0 aliphatic carbocycles. The Morgan fingerprint density at radius 3 is 2.09 bits per heavy atom. The Kier molecular flexibility index (Phi) is 4.02. The van der Waals surface area contributed by atoms with Crippen LogP contribution >= 0.6 is 0 Å². The lowest BCUT2D eigenvalue weighted by molar-refractivity contribution is 0.999. The maximum absolute atomic E-state index is 5.26. The van der Waals surface area contributed by atoms with Crippen molar-refractivity contribution >= 4 is 11.9 Å². The molecule has 11 heavy (non-hydrogen) atoms. The predicted octanol–water partition coefficient (Wildman–Crippen LogP) is 0.479. The first-order valence-electron chi connectivity index (χ1n) is 3.55. The molecular weight excluding hydrogens is 142 g/mol. The second-order valence-electron chi connectivity index (χ2n) is 1.92. The van der Waals surface area contributed by atoms with Crippen molar-refractivity contribution in [1.82, 2.24) is 15.2 Å². The van der Waals surface area contributed by atoms with Crippen molar-refractivity contribution in [2.75, 3.05) is 24.7 Å². The normalized spacial score (nSPS) is 8.36. The summed E-state index contributed by atoms with van der Waals surface area (Å²) in [7, 11) is 3.70. The van der Waals surface area contributed by atoms with E-state index in [0.29, 0.717) is 11.9 Å². The molecule has 1 rings (SSSR count). The minimum absolute atomic E-state index is 0.346. The van der Waals surface area contributed by atoms with Gasteiger partial charge in [0.2, 0.25) is 11.9 Å². The van der Waals surface area contributed by atoms with Crippen molar-refractivity contribution in [2.45, 2.75) is 13.8 Å². The number of nitrogens with two attached hydrogens (primary N) is 1. The molecule has 64 valence electrons. The maximum atomic E-state index is 5.26. The van der Waals surface area contributed by atoms with Crippen LogP contribution in [0.25, 0.3) is 0 Å². The zero-order valence-electron chi connectivity index (χ0n) is 7.42. The summed E-state index contributed by atoms with van der Waals surface area (Å²) in [4.78, 5) is 5.62. The van der Waals surface area contributed by atoms with Crippen LogP contribution in [0.15, 0.2) is 0 Å². The molecule has 0 unspecified atom stereocenters. The standard InChI is InChI=1S/C4H9N5.C2H6/c1-9(2)4-6-3(5)7-8-4;1-2/h1-2H3,(H3,5,6,7,8);1-2H3. The molecule has 0 aromatic carbocycles. The Morgan fingerprint density at radius 1 is 1.36 bits per heavy atom. The van der Waals surface area contributed by atoms with Gasteiger partial charge in [-0.1, -0.05) is 13.8 Å². The van der Waals surface area contributed by atoms with Crippen LogP contribution in [0.3, 0.4) is 0 Å². The lowest BCUT2D eigenvalue weighted by Gasteiger charge is -2.02. The Morgan fingerprint density at radius 2 is 1.91 bits per heavy atom. The third kappa shape index (κ3) is 2.88. The largest absolute Gasteiger partial charge is 0.368 e. The first-order chi connectivity index (χ1) is 5.20. The van der Waals surface area contributed by atoms with Crippen molar-refractivity contribution in [3.8, 4) is 0 Å². The van der Waals surface area contributed by atoms with Gasteiger partial charge in [0.25, 0.3) is 0 Å². The fourth-order valence-electron chi connectivity index (χ4n) is 0.465. The number of nitrogens with one attached hydrogen (secondary N) is 1. The van der Waals surface area contributed by atoms with E-state index in [-0.39, 0.29) is 0 Å². The van der Waals surface area contributed by atoms with Gasteiger partial charge in [-0.25, -0.2) is 5.10 Å². The number of aromatic amines is 1. The molecule has 0 bridgehead atoms. The van der Waals surface area contributed by atoms with Crippen LogP contribution in [-0.4, -0.2) is 29.3 Å². The van der Waals surface area contributed by atoms with Crippen molar-refractivity contribution in [3.05, 3.63) is 0 Å². The molecule has 0 radical (unpaired) electrons. The molecule has 1 aromatic heterocycles.